The van der Waals surface area contributed by atoms with Crippen LogP contribution in [0.3, 0.4) is 0 Å². The highest BCUT2D eigenvalue weighted by atomic mass is 16.5. The van der Waals surface area contributed by atoms with E-state index >= 15 is 0 Å². The second-order valence-electron chi connectivity index (χ2n) is 5.05. The minimum absolute atomic E-state index is 0.0159. The van der Waals surface area contributed by atoms with E-state index in [-0.39, 0.29) is 18.9 Å². The largest absolute Gasteiger partial charge is 0.481 e. The molecule has 0 amide bonds. The van der Waals surface area contributed by atoms with Crippen LogP contribution in [0.15, 0.2) is 4.52 Å². The van der Waals surface area contributed by atoms with Gasteiger partial charge in [0.25, 0.3) is 0 Å². The van der Waals surface area contributed by atoms with Crippen molar-refractivity contribution in [3.63, 3.8) is 0 Å². The van der Waals surface area contributed by atoms with Gasteiger partial charge in [-0.05, 0) is 33.6 Å². The van der Waals surface area contributed by atoms with Crippen LogP contribution in [0.4, 0.5) is 0 Å². The van der Waals surface area contributed by atoms with Crippen molar-refractivity contribution >= 4 is 5.97 Å². The number of likely N-dealkylation sites (N-methyl/N-ethyl adjacent to an activating group) is 2. The number of hydrogen-bond donors (Lipinski definition) is 1. The molecule has 1 atom stereocenters. The second kappa shape index (κ2) is 6.12. The molecule has 19 heavy (non-hydrogen) atoms. The van der Waals surface area contributed by atoms with Crippen LogP contribution >= 0.6 is 0 Å². The van der Waals surface area contributed by atoms with E-state index in [0.717, 1.165) is 26.1 Å². The predicted octanol–water partition coefficient (Wildman–Crippen LogP) is 0.395. The van der Waals surface area contributed by atoms with Gasteiger partial charge in [0.1, 0.15) is 0 Å². The monoisotopic (exact) mass is 268 g/mol. The SMILES string of the molecule is CN1CCCN(C)C(c2noc(CCC(=O)O)n2)C1. The van der Waals surface area contributed by atoms with Crippen LogP contribution < -0.4 is 0 Å². The molecule has 1 aliphatic heterocycles. The molecular weight excluding hydrogens is 248 g/mol. The Bertz CT molecular complexity index is 434. The summed E-state index contributed by atoms with van der Waals surface area (Å²) in [6, 6.07) is 0.106. The van der Waals surface area contributed by atoms with Crippen LogP contribution in [0.2, 0.25) is 0 Å². The molecule has 2 rings (SSSR count). The van der Waals surface area contributed by atoms with E-state index in [1.807, 2.05) is 0 Å². The first kappa shape index (κ1) is 14.0. The lowest BCUT2D eigenvalue weighted by Gasteiger charge is -2.24. The van der Waals surface area contributed by atoms with Gasteiger partial charge in [-0.1, -0.05) is 5.16 Å². The Kier molecular flexibility index (Phi) is 4.49. The Morgan fingerprint density at radius 3 is 3.00 bits per heavy atom. The Morgan fingerprint density at radius 2 is 2.26 bits per heavy atom. The summed E-state index contributed by atoms with van der Waals surface area (Å²) < 4.78 is 5.12. The van der Waals surface area contributed by atoms with Crippen molar-refractivity contribution in [1.29, 1.82) is 0 Å². The van der Waals surface area contributed by atoms with E-state index < -0.39 is 5.97 Å². The molecule has 0 aromatic carbocycles. The molecule has 7 nitrogen and oxygen atoms in total. The van der Waals surface area contributed by atoms with Crippen LogP contribution in [-0.2, 0) is 11.2 Å². The number of carboxylic acid groups (broad SMARTS) is 1. The standard InChI is InChI=1S/C12H20N4O3/c1-15-6-3-7-16(2)9(8-15)12-13-10(19-14-12)4-5-11(17)18/h9H,3-8H2,1-2H3,(H,17,18). The van der Waals surface area contributed by atoms with Gasteiger partial charge < -0.3 is 14.5 Å². The normalized spacial score (nSPS) is 22.3. The Hall–Kier alpha value is -1.47. The summed E-state index contributed by atoms with van der Waals surface area (Å²) in [6.07, 6.45) is 1.42. The van der Waals surface area contributed by atoms with Crippen LogP contribution in [0, 0.1) is 0 Å². The van der Waals surface area contributed by atoms with Gasteiger partial charge in [0, 0.05) is 13.0 Å². The zero-order valence-corrected chi connectivity index (χ0v) is 11.4. The Balaban J connectivity index is 2.05. The van der Waals surface area contributed by atoms with Crippen molar-refractivity contribution in [1.82, 2.24) is 19.9 Å². The first-order valence-electron chi connectivity index (χ1n) is 6.49. The topological polar surface area (TPSA) is 82.7 Å². The predicted molar refractivity (Wildman–Crippen MR) is 67.7 cm³/mol. The van der Waals surface area contributed by atoms with Crippen molar-refractivity contribution in [2.24, 2.45) is 0 Å². The highest BCUT2D eigenvalue weighted by Gasteiger charge is 2.26. The molecule has 7 heteroatoms. The molecule has 1 saturated heterocycles. The van der Waals surface area contributed by atoms with E-state index in [4.69, 9.17) is 9.63 Å². The summed E-state index contributed by atoms with van der Waals surface area (Å²) in [5.74, 6) is 0.195. The first-order chi connectivity index (χ1) is 9.06. The van der Waals surface area contributed by atoms with Gasteiger partial charge in [0.05, 0.1) is 12.5 Å². The van der Waals surface area contributed by atoms with Gasteiger partial charge in [0.15, 0.2) is 5.82 Å². The van der Waals surface area contributed by atoms with Gasteiger partial charge in [-0.3, -0.25) is 9.69 Å². The third-order valence-corrected chi connectivity index (χ3v) is 3.40. The third-order valence-electron chi connectivity index (χ3n) is 3.40. The maximum Gasteiger partial charge on any atom is 0.303 e. The van der Waals surface area contributed by atoms with Gasteiger partial charge >= 0.3 is 5.97 Å². The zero-order valence-electron chi connectivity index (χ0n) is 11.4. The average molecular weight is 268 g/mol. The number of rotatable bonds is 4. The lowest BCUT2D eigenvalue weighted by Crippen LogP contribution is -2.31. The highest BCUT2D eigenvalue weighted by Crippen LogP contribution is 2.20. The molecule has 106 valence electrons. The number of aromatic nitrogens is 2. The summed E-state index contributed by atoms with van der Waals surface area (Å²) in [5.41, 5.74) is 0. The van der Waals surface area contributed by atoms with Crippen molar-refractivity contribution in [3.8, 4) is 0 Å². The molecule has 0 aliphatic carbocycles. The quantitative estimate of drug-likeness (QED) is 0.846. The maximum atomic E-state index is 10.5. The summed E-state index contributed by atoms with van der Waals surface area (Å²) in [7, 11) is 4.13. The molecule has 1 aromatic rings. The zero-order chi connectivity index (χ0) is 13.8. The van der Waals surface area contributed by atoms with Gasteiger partial charge in [-0.25, -0.2) is 0 Å². The first-order valence-corrected chi connectivity index (χ1v) is 6.49. The summed E-state index contributed by atoms with van der Waals surface area (Å²) in [4.78, 5) is 19.3. The average Bonchev–Trinajstić information content (AvgIpc) is 2.75. The number of aryl methyl sites for hydroxylation is 1. The Morgan fingerprint density at radius 1 is 1.47 bits per heavy atom. The Labute approximate surface area is 112 Å². The molecule has 2 heterocycles. The fourth-order valence-corrected chi connectivity index (χ4v) is 2.27. The fourth-order valence-electron chi connectivity index (χ4n) is 2.27. The molecule has 1 aromatic heterocycles. The minimum Gasteiger partial charge on any atom is -0.481 e. The molecule has 1 fully saturated rings. The molecular formula is C12H20N4O3. The number of aliphatic carboxylic acids is 1. The van der Waals surface area contributed by atoms with E-state index in [0.29, 0.717) is 11.7 Å². The number of nitrogens with zero attached hydrogens (tertiary/aromatic N) is 4. The summed E-state index contributed by atoms with van der Waals surface area (Å²) in [6.45, 7) is 2.91. The van der Waals surface area contributed by atoms with Crippen molar-refractivity contribution < 1.29 is 14.4 Å². The molecule has 1 unspecified atom stereocenters. The second-order valence-corrected chi connectivity index (χ2v) is 5.05. The van der Waals surface area contributed by atoms with E-state index in [9.17, 15) is 4.79 Å². The van der Waals surface area contributed by atoms with Crippen LogP contribution in [0.1, 0.15) is 30.6 Å². The molecule has 0 spiro atoms. The van der Waals surface area contributed by atoms with Crippen LogP contribution in [-0.4, -0.2) is 64.7 Å². The number of carboxylic acids is 1. The number of carbonyl (C=O) groups is 1. The van der Waals surface area contributed by atoms with E-state index in [1.165, 1.54) is 0 Å². The van der Waals surface area contributed by atoms with Crippen LogP contribution in [0.5, 0.6) is 0 Å². The summed E-state index contributed by atoms with van der Waals surface area (Å²) >= 11 is 0. The van der Waals surface area contributed by atoms with Gasteiger partial charge in [-0.2, -0.15) is 4.98 Å². The lowest BCUT2D eigenvalue weighted by atomic mass is 10.2. The van der Waals surface area contributed by atoms with E-state index in [1.54, 1.807) is 0 Å². The third kappa shape index (κ3) is 3.74. The summed E-state index contributed by atoms with van der Waals surface area (Å²) in [5, 5.41) is 12.6. The minimum atomic E-state index is -0.855. The van der Waals surface area contributed by atoms with Gasteiger partial charge in [0.2, 0.25) is 5.89 Å². The molecule has 1 aliphatic rings. The van der Waals surface area contributed by atoms with Gasteiger partial charge in [-0.15, -0.1) is 0 Å². The van der Waals surface area contributed by atoms with Crippen molar-refractivity contribution in [3.05, 3.63) is 11.7 Å². The molecule has 0 saturated carbocycles. The van der Waals surface area contributed by atoms with Crippen molar-refractivity contribution in [2.45, 2.75) is 25.3 Å². The molecule has 0 bridgehead atoms. The number of hydrogen-bond acceptors (Lipinski definition) is 6. The van der Waals surface area contributed by atoms with E-state index in [2.05, 4.69) is 34.0 Å². The fraction of sp³-hybridized carbons (Fsp3) is 0.750. The highest BCUT2D eigenvalue weighted by molar-refractivity contribution is 5.66. The lowest BCUT2D eigenvalue weighted by molar-refractivity contribution is -0.137. The molecule has 1 N–H and O–H groups in total. The maximum absolute atomic E-state index is 10.5. The van der Waals surface area contributed by atoms with Crippen LogP contribution in [0.25, 0.3) is 0 Å². The molecule has 0 radical (unpaired) electrons. The smallest absolute Gasteiger partial charge is 0.303 e. The van der Waals surface area contributed by atoms with Crippen molar-refractivity contribution in [2.75, 3.05) is 33.7 Å².